The van der Waals surface area contributed by atoms with Gasteiger partial charge in [0.05, 0.1) is 5.56 Å². The van der Waals surface area contributed by atoms with Gasteiger partial charge in [-0.05, 0) is 42.9 Å². The van der Waals surface area contributed by atoms with E-state index < -0.39 is 23.8 Å². The van der Waals surface area contributed by atoms with Gasteiger partial charge in [-0.2, -0.15) is 13.2 Å². The molecular weight excluding hydrogens is 373 g/mol. The van der Waals surface area contributed by atoms with Crippen molar-refractivity contribution in [2.24, 2.45) is 11.8 Å². The van der Waals surface area contributed by atoms with E-state index in [0.29, 0.717) is 18.4 Å². The number of ketones is 1. The Bertz CT molecular complexity index is 712. The molecule has 1 aliphatic rings. The number of allylic oxidation sites excluding steroid dienone is 1. The number of carbonyl (C=O) groups excluding carboxylic acids is 1. The zero-order valence-electron chi connectivity index (χ0n) is 15.5. The largest absolute Gasteiger partial charge is 0.481 e. The highest BCUT2D eigenvalue weighted by Crippen LogP contribution is 2.35. The van der Waals surface area contributed by atoms with Gasteiger partial charge in [0.2, 0.25) is 0 Å². The van der Waals surface area contributed by atoms with Crippen molar-refractivity contribution in [3.8, 4) is 0 Å². The minimum absolute atomic E-state index is 0.128. The van der Waals surface area contributed by atoms with Crippen molar-refractivity contribution in [1.29, 1.82) is 0 Å². The second-order valence-electron chi connectivity index (χ2n) is 7.25. The highest BCUT2D eigenvalue weighted by molar-refractivity contribution is 5.88. The molecule has 1 aromatic carbocycles. The number of rotatable bonds is 9. The monoisotopic (exact) mass is 398 g/mol. The number of carboxylic acid groups (broad SMARTS) is 1. The summed E-state index contributed by atoms with van der Waals surface area (Å²) in [6.45, 7) is 0. The van der Waals surface area contributed by atoms with Crippen LogP contribution in [0.1, 0.15) is 56.1 Å². The summed E-state index contributed by atoms with van der Waals surface area (Å²) in [5.74, 6) is -1.61. The fourth-order valence-electron chi connectivity index (χ4n) is 3.61. The maximum Gasteiger partial charge on any atom is 0.416 e. The number of hydrogen-bond donors (Lipinski definition) is 2. The lowest BCUT2D eigenvalue weighted by molar-refractivity contribution is -0.138. The van der Waals surface area contributed by atoms with E-state index in [2.05, 4.69) is 0 Å². The van der Waals surface area contributed by atoms with Crippen molar-refractivity contribution < 1.29 is 33.0 Å². The minimum atomic E-state index is -4.41. The lowest BCUT2D eigenvalue weighted by atomic mass is 9.89. The molecule has 0 unspecified atom stereocenters. The van der Waals surface area contributed by atoms with E-state index in [1.54, 1.807) is 18.2 Å². The maximum absolute atomic E-state index is 12.8. The van der Waals surface area contributed by atoms with E-state index in [1.807, 2.05) is 0 Å². The van der Waals surface area contributed by atoms with Gasteiger partial charge in [0.1, 0.15) is 6.10 Å². The first kappa shape index (κ1) is 22.1. The topological polar surface area (TPSA) is 74.6 Å². The van der Waals surface area contributed by atoms with Crippen LogP contribution in [0.2, 0.25) is 0 Å². The lowest BCUT2D eigenvalue weighted by Crippen LogP contribution is -2.19. The number of carbonyl (C=O) groups is 2. The Morgan fingerprint density at radius 2 is 1.89 bits per heavy atom. The molecule has 0 aromatic heterocycles. The van der Waals surface area contributed by atoms with E-state index in [4.69, 9.17) is 5.11 Å². The van der Waals surface area contributed by atoms with Gasteiger partial charge >= 0.3 is 12.1 Å². The molecule has 4 nitrogen and oxygen atoms in total. The van der Waals surface area contributed by atoms with Gasteiger partial charge in [-0.3, -0.25) is 9.59 Å². The van der Waals surface area contributed by atoms with Crippen molar-refractivity contribution in [2.75, 3.05) is 0 Å². The zero-order valence-corrected chi connectivity index (χ0v) is 15.5. The van der Waals surface area contributed by atoms with Gasteiger partial charge in [-0.25, -0.2) is 0 Å². The van der Waals surface area contributed by atoms with E-state index in [1.165, 1.54) is 6.07 Å². The highest BCUT2D eigenvalue weighted by Gasteiger charge is 2.39. The molecule has 7 heteroatoms. The van der Waals surface area contributed by atoms with E-state index in [0.717, 1.165) is 31.4 Å². The Morgan fingerprint density at radius 3 is 2.57 bits per heavy atom. The summed E-state index contributed by atoms with van der Waals surface area (Å²) < 4.78 is 38.4. The van der Waals surface area contributed by atoms with Crippen LogP contribution in [0.5, 0.6) is 0 Å². The van der Waals surface area contributed by atoms with Crippen molar-refractivity contribution in [2.45, 2.75) is 57.2 Å². The molecule has 0 bridgehead atoms. The predicted octanol–water partition coefficient (Wildman–Crippen LogP) is 4.71. The molecule has 0 spiro atoms. The predicted molar refractivity (Wildman–Crippen MR) is 98.4 cm³/mol. The molecule has 2 rings (SSSR count). The number of benzene rings is 1. The summed E-state index contributed by atoms with van der Waals surface area (Å²) in [7, 11) is 0. The van der Waals surface area contributed by atoms with Crippen molar-refractivity contribution in [3.05, 3.63) is 41.5 Å². The quantitative estimate of drug-likeness (QED) is 0.591. The smallest absolute Gasteiger partial charge is 0.416 e. The van der Waals surface area contributed by atoms with Gasteiger partial charge in [0.25, 0.3) is 0 Å². The number of alkyl halides is 3. The molecule has 154 valence electrons. The summed E-state index contributed by atoms with van der Waals surface area (Å²) in [5, 5.41) is 18.5. The summed E-state index contributed by atoms with van der Waals surface area (Å²) >= 11 is 0. The van der Waals surface area contributed by atoms with Crippen molar-refractivity contribution in [1.82, 2.24) is 0 Å². The van der Waals surface area contributed by atoms with Gasteiger partial charge in [0.15, 0.2) is 5.78 Å². The number of aliphatic carboxylic acids is 1. The first-order valence-corrected chi connectivity index (χ1v) is 9.47. The van der Waals surface area contributed by atoms with Crippen LogP contribution < -0.4 is 0 Å². The molecule has 0 saturated heterocycles. The number of Topliss-reactive ketones (excluding diaryl/α,β-unsaturated/α-hetero) is 1. The van der Waals surface area contributed by atoms with Gasteiger partial charge in [-0.1, -0.05) is 43.5 Å². The second kappa shape index (κ2) is 9.87. The molecule has 0 amide bonds. The number of aliphatic hydroxyl groups is 1. The number of unbranched alkanes of at least 4 members (excludes halogenated alkanes) is 3. The average Bonchev–Trinajstić information content (AvgIpc) is 2.89. The first-order valence-electron chi connectivity index (χ1n) is 9.47. The van der Waals surface area contributed by atoms with Gasteiger partial charge in [0, 0.05) is 12.3 Å². The summed E-state index contributed by atoms with van der Waals surface area (Å²) in [5.41, 5.74) is -0.328. The molecule has 0 heterocycles. The van der Waals surface area contributed by atoms with Crippen LogP contribution in [0.25, 0.3) is 6.08 Å². The Balaban J connectivity index is 1.94. The number of carboxylic acids is 1. The Labute approximate surface area is 162 Å². The third-order valence-electron chi connectivity index (χ3n) is 5.11. The second-order valence-corrected chi connectivity index (χ2v) is 7.25. The molecule has 1 saturated carbocycles. The normalized spacial score (nSPS) is 22.9. The van der Waals surface area contributed by atoms with E-state index in [9.17, 15) is 27.9 Å². The van der Waals surface area contributed by atoms with Gasteiger partial charge < -0.3 is 10.2 Å². The van der Waals surface area contributed by atoms with Crippen molar-refractivity contribution >= 4 is 17.8 Å². The molecular formula is C21H25F3O4. The fourth-order valence-corrected chi connectivity index (χ4v) is 3.61. The minimum Gasteiger partial charge on any atom is -0.481 e. The van der Waals surface area contributed by atoms with Crippen LogP contribution in [0, 0.1) is 11.8 Å². The summed E-state index contributed by atoms with van der Waals surface area (Å²) in [6.07, 6.45) is 1.75. The SMILES string of the molecule is O=C(O)CCCCCC[C@H]1C(=O)[C@H](O)C[C@@H]1C=Cc1cccc(C(F)(F)F)c1. The number of halogens is 3. The molecule has 3 atom stereocenters. The number of aliphatic hydroxyl groups excluding tert-OH is 1. The highest BCUT2D eigenvalue weighted by atomic mass is 19.4. The molecule has 1 aliphatic carbocycles. The summed E-state index contributed by atoms with van der Waals surface area (Å²) in [6, 6.07) is 4.97. The third kappa shape index (κ3) is 6.48. The van der Waals surface area contributed by atoms with Crippen LogP contribution in [-0.4, -0.2) is 28.1 Å². The Morgan fingerprint density at radius 1 is 1.18 bits per heavy atom. The van der Waals surface area contributed by atoms with E-state index in [-0.39, 0.29) is 30.5 Å². The molecule has 1 fully saturated rings. The fraction of sp³-hybridized carbons (Fsp3) is 0.524. The standard InChI is InChI=1S/C21H25F3O4/c22-21(23,24)16-7-5-6-14(12-16)10-11-15-13-18(25)20(28)17(15)8-3-1-2-4-9-19(26)27/h5-7,10-12,15,17-18,25H,1-4,8-9,13H2,(H,26,27)/t15-,17+,18+/m0/s1. The Kier molecular flexibility index (Phi) is 7.80. The average molecular weight is 398 g/mol. The first-order chi connectivity index (χ1) is 13.2. The number of hydrogen-bond acceptors (Lipinski definition) is 3. The van der Waals surface area contributed by atoms with Crippen LogP contribution in [0.4, 0.5) is 13.2 Å². The van der Waals surface area contributed by atoms with Crippen LogP contribution in [0.3, 0.4) is 0 Å². The molecule has 0 radical (unpaired) electrons. The van der Waals surface area contributed by atoms with Crippen LogP contribution in [-0.2, 0) is 15.8 Å². The maximum atomic E-state index is 12.8. The summed E-state index contributed by atoms with van der Waals surface area (Å²) in [4.78, 5) is 22.7. The Hall–Kier alpha value is -2.15. The van der Waals surface area contributed by atoms with Crippen molar-refractivity contribution in [3.63, 3.8) is 0 Å². The molecule has 1 aromatic rings. The van der Waals surface area contributed by atoms with Crippen LogP contribution >= 0.6 is 0 Å². The lowest BCUT2D eigenvalue weighted by Gasteiger charge is -2.14. The molecule has 2 N–H and O–H groups in total. The molecule has 28 heavy (non-hydrogen) atoms. The van der Waals surface area contributed by atoms with E-state index >= 15 is 0 Å². The van der Waals surface area contributed by atoms with Gasteiger partial charge in [-0.15, -0.1) is 0 Å². The zero-order chi connectivity index (χ0) is 20.7. The molecule has 0 aliphatic heterocycles. The van der Waals surface area contributed by atoms with Crippen LogP contribution in [0.15, 0.2) is 30.3 Å². The third-order valence-corrected chi connectivity index (χ3v) is 5.11.